The lowest BCUT2D eigenvalue weighted by atomic mass is 10.1. The van der Waals surface area contributed by atoms with Crippen molar-refractivity contribution in [3.05, 3.63) is 34.7 Å². The van der Waals surface area contributed by atoms with Crippen LogP contribution in [0.2, 0.25) is 0 Å². The van der Waals surface area contributed by atoms with Gasteiger partial charge < -0.3 is 4.90 Å². The molecule has 118 valence electrons. The van der Waals surface area contributed by atoms with Gasteiger partial charge in [0.25, 0.3) is 11.8 Å². The molecule has 3 aliphatic rings. The standard InChI is InChI=1S/C17H16N2O2S2/c1-18-12-9-5-4-8-11(12)13(15(18)20)14-16(21)19(17(22)23-14)10-6-2-3-7-10/h4-5,8-10H,2-3,6-7H2,1H3. The maximum absolute atomic E-state index is 12.9. The van der Waals surface area contributed by atoms with Crippen molar-refractivity contribution >= 4 is 51.4 Å². The van der Waals surface area contributed by atoms with Gasteiger partial charge in [-0.25, -0.2) is 0 Å². The number of likely N-dealkylation sites (N-methyl/N-ethyl adjacent to an activating group) is 1. The van der Waals surface area contributed by atoms with Crippen molar-refractivity contribution in [2.24, 2.45) is 0 Å². The van der Waals surface area contributed by atoms with Crippen LogP contribution in [0.1, 0.15) is 31.2 Å². The first kappa shape index (κ1) is 14.9. The van der Waals surface area contributed by atoms with Gasteiger partial charge in [0, 0.05) is 18.7 Å². The monoisotopic (exact) mass is 344 g/mol. The summed E-state index contributed by atoms with van der Waals surface area (Å²) in [5.41, 5.74) is 2.17. The van der Waals surface area contributed by atoms with Crippen molar-refractivity contribution in [2.45, 2.75) is 31.7 Å². The fourth-order valence-electron chi connectivity index (χ4n) is 3.60. The largest absolute Gasteiger partial charge is 0.311 e. The van der Waals surface area contributed by atoms with Crippen molar-refractivity contribution in [1.82, 2.24) is 4.90 Å². The van der Waals surface area contributed by atoms with Crippen LogP contribution in [0.3, 0.4) is 0 Å². The first-order chi connectivity index (χ1) is 11.1. The molecule has 1 saturated heterocycles. The van der Waals surface area contributed by atoms with Crippen molar-refractivity contribution in [1.29, 1.82) is 0 Å². The maximum atomic E-state index is 12.9. The number of thioether (sulfide) groups is 1. The molecule has 1 aromatic carbocycles. The molecule has 0 aromatic heterocycles. The number of hydrogen-bond donors (Lipinski definition) is 0. The summed E-state index contributed by atoms with van der Waals surface area (Å²) in [4.78, 5) is 29.4. The first-order valence-corrected chi connectivity index (χ1v) is 8.99. The van der Waals surface area contributed by atoms with E-state index < -0.39 is 0 Å². The van der Waals surface area contributed by atoms with Gasteiger partial charge in [0.15, 0.2) is 0 Å². The molecular weight excluding hydrogens is 328 g/mol. The van der Waals surface area contributed by atoms with E-state index in [4.69, 9.17) is 12.2 Å². The number of nitrogens with zero attached hydrogens (tertiary/aromatic N) is 2. The van der Waals surface area contributed by atoms with Crippen LogP contribution in [0.4, 0.5) is 5.69 Å². The van der Waals surface area contributed by atoms with Gasteiger partial charge in [0.05, 0.1) is 16.2 Å². The lowest BCUT2D eigenvalue weighted by Crippen LogP contribution is -2.37. The Morgan fingerprint density at radius 1 is 1.13 bits per heavy atom. The van der Waals surface area contributed by atoms with Crippen LogP contribution < -0.4 is 4.90 Å². The summed E-state index contributed by atoms with van der Waals surface area (Å²) in [5.74, 6) is -0.224. The second-order valence-electron chi connectivity index (χ2n) is 6.07. The molecule has 4 nitrogen and oxygen atoms in total. The molecule has 2 fully saturated rings. The average molecular weight is 344 g/mol. The van der Waals surface area contributed by atoms with Crippen LogP contribution in [0.5, 0.6) is 0 Å². The maximum Gasteiger partial charge on any atom is 0.267 e. The van der Waals surface area contributed by atoms with Gasteiger partial charge in [0.1, 0.15) is 4.32 Å². The minimum absolute atomic E-state index is 0.0969. The number of rotatable bonds is 1. The van der Waals surface area contributed by atoms with Gasteiger partial charge in [-0.1, -0.05) is 55.0 Å². The van der Waals surface area contributed by atoms with Gasteiger partial charge in [-0.2, -0.15) is 0 Å². The van der Waals surface area contributed by atoms with Gasteiger partial charge in [-0.3, -0.25) is 14.5 Å². The molecule has 1 aromatic rings. The van der Waals surface area contributed by atoms with Crippen LogP contribution in [0.25, 0.3) is 5.57 Å². The molecule has 1 saturated carbocycles. The number of fused-ring (bicyclic) bond motifs is 1. The van der Waals surface area contributed by atoms with E-state index in [9.17, 15) is 9.59 Å². The summed E-state index contributed by atoms with van der Waals surface area (Å²) in [5, 5.41) is 0. The number of carbonyl (C=O) groups excluding carboxylic acids is 2. The van der Waals surface area contributed by atoms with Crippen LogP contribution in [0.15, 0.2) is 29.2 Å². The number of hydrogen-bond acceptors (Lipinski definition) is 4. The smallest absolute Gasteiger partial charge is 0.267 e. The molecular formula is C17H16N2O2S2. The van der Waals surface area contributed by atoms with Crippen molar-refractivity contribution in [3.63, 3.8) is 0 Å². The van der Waals surface area contributed by atoms with Gasteiger partial charge in [0.2, 0.25) is 0 Å². The number of carbonyl (C=O) groups is 2. The summed E-state index contributed by atoms with van der Waals surface area (Å²) in [6.07, 6.45) is 4.27. The van der Waals surface area contributed by atoms with E-state index in [-0.39, 0.29) is 17.9 Å². The molecule has 2 heterocycles. The van der Waals surface area contributed by atoms with Gasteiger partial charge in [-0.15, -0.1) is 0 Å². The Bertz CT molecular complexity index is 766. The minimum Gasteiger partial charge on any atom is -0.311 e. The fourth-order valence-corrected chi connectivity index (χ4v) is 5.07. The van der Waals surface area contributed by atoms with Crippen LogP contribution in [-0.4, -0.2) is 34.1 Å². The zero-order valence-corrected chi connectivity index (χ0v) is 14.4. The van der Waals surface area contributed by atoms with E-state index in [1.54, 1.807) is 16.8 Å². The molecule has 0 atom stereocenters. The summed E-state index contributed by atoms with van der Waals surface area (Å²) in [6, 6.07) is 7.79. The molecule has 23 heavy (non-hydrogen) atoms. The number of benzene rings is 1. The molecule has 0 spiro atoms. The van der Waals surface area contributed by atoms with E-state index >= 15 is 0 Å². The topological polar surface area (TPSA) is 40.6 Å². The van der Waals surface area contributed by atoms with E-state index in [0.717, 1.165) is 36.9 Å². The Balaban J connectivity index is 1.81. The predicted octanol–water partition coefficient (Wildman–Crippen LogP) is 3.18. The number of amides is 2. The Morgan fingerprint density at radius 2 is 1.83 bits per heavy atom. The van der Waals surface area contributed by atoms with Crippen molar-refractivity contribution < 1.29 is 9.59 Å². The Labute approximate surface area is 144 Å². The predicted molar refractivity (Wildman–Crippen MR) is 96.1 cm³/mol. The normalized spacial score (nSPS) is 25.0. The van der Waals surface area contributed by atoms with Crippen molar-refractivity contribution in [3.8, 4) is 0 Å². The zero-order chi connectivity index (χ0) is 16.1. The molecule has 2 amide bonds. The Morgan fingerprint density at radius 3 is 2.57 bits per heavy atom. The third-order valence-corrected chi connectivity index (χ3v) is 6.17. The lowest BCUT2D eigenvalue weighted by molar-refractivity contribution is -0.123. The molecule has 2 aliphatic heterocycles. The highest BCUT2D eigenvalue weighted by Gasteiger charge is 2.43. The summed E-state index contributed by atoms with van der Waals surface area (Å²) in [7, 11) is 1.74. The molecule has 4 rings (SSSR count). The SMILES string of the molecule is CN1C(=O)C(=C2SC(=S)N(C3CCCC3)C2=O)c2ccccc21. The quantitative estimate of drug-likeness (QED) is 0.579. The van der Waals surface area contributed by atoms with Crippen LogP contribution >= 0.6 is 24.0 Å². The molecule has 0 N–H and O–H groups in total. The molecule has 0 unspecified atom stereocenters. The number of para-hydroxylation sites is 1. The summed E-state index contributed by atoms with van der Waals surface area (Å²) in [6.45, 7) is 0. The molecule has 6 heteroatoms. The van der Waals surface area contributed by atoms with Gasteiger partial charge >= 0.3 is 0 Å². The van der Waals surface area contributed by atoms with Crippen LogP contribution in [-0.2, 0) is 9.59 Å². The van der Waals surface area contributed by atoms with E-state index in [0.29, 0.717) is 14.8 Å². The second kappa shape index (κ2) is 5.46. The average Bonchev–Trinajstić information content (AvgIpc) is 3.21. The summed E-state index contributed by atoms with van der Waals surface area (Å²) >= 11 is 6.72. The Kier molecular flexibility index (Phi) is 3.54. The van der Waals surface area contributed by atoms with Crippen LogP contribution in [0, 0.1) is 0 Å². The third kappa shape index (κ3) is 2.16. The molecule has 1 aliphatic carbocycles. The fraction of sp³-hybridized carbons (Fsp3) is 0.353. The molecule has 0 radical (unpaired) electrons. The number of anilines is 1. The van der Waals surface area contributed by atoms with Gasteiger partial charge in [-0.05, 0) is 18.9 Å². The highest BCUT2D eigenvalue weighted by atomic mass is 32.2. The van der Waals surface area contributed by atoms with Crippen molar-refractivity contribution in [2.75, 3.05) is 11.9 Å². The van der Waals surface area contributed by atoms with E-state index in [1.165, 1.54) is 11.8 Å². The second-order valence-corrected chi connectivity index (χ2v) is 7.71. The minimum atomic E-state index is -0.127. The van der Waals surface area contributed by atoms with E-state index in [1.807, 2.05) is 24.3 Å². The number of thiocarbonyl (C=S) groups is 1. The highest BCUT2D eigenvalue weighted by molar-refractivity contribution is 8.26. The molecule has 0 bridgehead atoms. The zero-order valence-electron chi connectivity index (χ0n) is 12.7. The summed E-state index contributed by atoms with van der Waals surface area (Å²) < 4.78 is 0.587. The highest BCUT2D eigenvalue weighted by Crippen LogP contribution is 2.45. The first-order valence-electron chi connectivity index (χ1n) is 7.76. The third-order valence-electron chi connectivity index (χ3n) is 4.77. The van der Waals surface area contributed by atoms with E-state index in [2.05, 4.69) is 0 Å². The Hall–Kier alpha value is -1.66. The lowest BCUT2D eigenvalue weighted by Gasteiger charge is -2.22.